The first kappa shape index (κ1) is 13.4. The number of sulfonamides is 1. The summed E-state index contributed by atoms with van der Waals surface area (Å²) in [4.78, 5) is 11.3. The molecule has 0 bridgehead atoms. The molecule has 3 N–H and O–H groups in total. The van der Waals surface area contributed by atoms with Gasteiger partial charge >= 0.3 is 0 Å². The summed E-state index contributed by atoms with van der Waals surface area (Å²) < 4.78 is 23.9. The average molecular weight is 249 g/mol. The summed E-state index contributed by atoms with van der Waals surface area (Å²) in [6.45, 7) is 2.55. The number of nitrogens with one attached hydrogen (secondary N) is 1. The summed E-state index contributed by atoms with van der Waals surface area (Å²) in [5, 5.41) is 2.80. The molecule has 1 saturated heterocycles. The first-order chi connectivity index (χ1) is 7.30. The van der Waals surface area contributed by atoms with Crippen LogP contribution in [-0.2, 0) is 14.8 Å². The van der Waals surface area contributed by atoms with E-state index in [0.29, 0.717) is 25.9 Å². The topological polar surface area (TPSA) is 92.5 Å². The lowest BCUT2D eigenvalue weighted by molar-refractivity contribution is -0.122. The third-order valence-corrected chi connectivity index (χ3v) is 3.99. The van der Waals surface area contributed by atoms with Gasteiger partial charge in [-0.15, -0.1) is 0 Å². The van der Waals surface area contributed by atoms with Crippen LogP contribution < -0.4 is 11.1 Å². The van der Waals surface area contributed by atoms with Crippen LogP contribution in [0.15, 0.2) is 0 Å². The number of hydrogen-bond acceptors (Lipinski definition) is 4. The number of carbonyl (C=O) groups is 1. The summed E-state index contributed by atoms with van der Waals surface area (Å²) in [6, 6.07) is -0.482. The quantitative estimate of drug-likeness (QED) is 0.662. The van der Waals surface area contributed by atoms with Crippen molar-refractivity contribution in [2.75, 3.05) is 19.3 Å². The molecular formula is C9H19N3O3S. The second-order valence-electron chi connectivity index (χ2n) is 4.23. The van der Waals surface area contributed by atoms with Crippen LogP contribution >= 0.6 is 0 Å². The van der Waals surface area contributed by atoms with Crippen molar-refractivity contribution < 1.29 is 13.2 Å². The van der Waals surface area contributed by atoms with E-state index in [4.69, 9.17) is 5.73 Å². The van der Waals surface area contributed by atoms with Crippen LogP contribution in [0, 0.1) is 0 Å². The van der Waals surface area contributed by atoms with Gasteiger partial charge in [-0.05, 0) is 19.8 Å². The van der Waals surface area contributed by atoms with Crippen molar-refractivity contribution in [2.24, 2.45) is 5.73 Å². The Morgan fingerprint density at radius 2 is 1.94 bits per heavy atom. The van der Waals surface area contributed by atoms with E-state index in [2.05, 4.69) is 5.32 Å². The molecule has 0 aromatic heterocycles. The highest BCUT2D eigenvalue weighted by Crippen LogP contribution is 2.13. The Morgan fingerprint density at radius 3 is 2.31 bits per heavy atom. The lowest BCUT2D eigenvalue weighted by atomic mass is 10.1. The van der Waals surface area contributed by atoms with E-state index < -0.39 is 16.1 Å². The Morgan fingerprint density at radius 1 is 1.44 bits per heavy atom. The molecule has 0 spiro atoms. The van der Waals surface area contributed by atoms with E-state index in [1.807, 2.05) is 0 Å². The zero-order chi connectivity index (χ0) is 12.3. The molecule has 0 unspecified atom stereocenters. The van der Waals surface area contributed by atoms with E-state index in [9.17, 15) is 13.2 Å². The first-order valence-electron chi connectivity index (χ1n) is 5.32. The van der Waals surface area contributed by atoms with Gasteiger partial charge in [0, 0.05) is 19.1 Å². The Kier molecular flexibility index (Phi) is 4.28. The minimum Gasteiger partial charge on any atom is -0.352 e. The minimum absolute atomic E-state index is 0.0384. The number of hydrogen-bond donors (Lipinski definition) is 2. The van der Waals surface area contributed by atoms with Crippen molar-refractivity contribution >= 4 is 15.9 Å². The van der Waals surface area contributed by atoms with Crippen LogP contribution in [0.3, 0.4) is 0 Å². The predicted octanol–water partition coefficient (Wildman–Crippen LogP) is -1.13. The molecule has 0 aromatic carbocycles. The maximum absolute atomic E-state index is 11.3. The van der Waals surface area contributed by atoms with Crippen molar-refractivity contribution in [1.29, 1.82) is 0 Å². The number of nitrogens with zero attached hydrogens (tertiary/aromatic N) is 1. The molecule has 1 rings (SSSR count). The largest absolute Gasteiger partial charge is 0.352 e. The van der Waals surface area contributed by atoms with E-state index in [1.54, 1.807) is 6.92 Å². The highest BCUT2D eigenvalue weighted by Gasteiger charge is 2.26. The Balaban J connectivity index is 2.41. The van der Waals surface area contributed by atoms with E-state index in [0.717, 1.165) is 0 Å². The van der Waals surface area contributed by atoms with Crippen LogP contribution in [0.25, 0.3) is 0 Å². The number of amides is 1. The number of nitrogens with two attached hydrogens (primary N) is 1. The molecule has 1 aliphatic heterocycles. The molecule has 94 valence electrons. The second kappa shape index (κ2) is 5.11. The third kappa shape index (κ3) is 3.73. The molecule has 0 saturated carbocycles. The predicted molar refractivity (Wildman–Crippen MR) is 61.2 cm³/mol. The Hall–Kier alpha value is -0.660. The van der Waals surface area contributed by atoms with Crippen molar-refractivity contribution in [3.8, 4) is 0 Å². The third-order valence-electron chi connectivity index (χ3n) is 2.68. The number of carbonyl (C=O) groups excluding carboxylic acids is 1. The SMILES string of the molecule is C[C@H](N)C(=O)NC1CCN(S(C)(=O)=O)CC1. The van der Waals surface area contributed by atoms with Crippen LogP contribution in [0.4, 0.5) is 0 Å². The van der Waals surface area contributed by atoms with Crippen molar-refractivity contribution in [3.05, 3.63) is 0 Å². The smallest absolute Gasteiger partial charge is 0.236 e. The van der Waals surface area contributed by atoms with E-state index in [1.165, 1.54) is 10.6 Å². The minimum atomic E-state index is -3.10. The number of piperidine rings is 1. The molecule has 7 heteroatoms. The summed E-state index contributed by atoms with van der Waals surface area (Å²) >= 11 is 0. The molecule has 1 atom stereocenters. The van der Waals surface area contributed by atoms with Crippen molar-refractivity contribution in [1.82, 2.24) is 9.62 Å². The molecule has 16 heavy (non-hydrogen) atoms. The normalized spacial score (nSPS) is 21.7. The lowest BCUT2D eigenvalue weighted by Crippen LogP contribution is -2.49. The first-order valence-corrected chi connectivity index (χ1v) is 7.16. The fourth-order valence-electron chi connectivity index (χ4n) is 1.66. The fraction of sp³-hybridized carbons (Fsp3) is 0.889. The van der Waals surface area contributed by atoms with Crippen LogP contribution in [0.5, 0.6) is 0 Å². The summed E-state index contributed by atoms with van der Waals surface area (Å²) in [5.41, 5.74) is 5.43. The van der Waals surface area contributed by atoms with Gasteiger partial charge in [0.15, 0.2) is 0 Å². The molecule has 0 radical (unpaired) electrons. The van der Waals surface area contributed by atoms with Crippen molar-refractivity contribution in [3.63, 3.8) is 0 Å². The zero-order valence-electron chi connectivity index (χ0n) is 9.64. The lowest BCUT2D eigenvalue weighted by Gasteiger charge is -2.30. The standard InChI is InChI=1S/C9H19N3O3S/c1-7(10)9(13)11-8-3-5-12(6-4-8)16(2,14)15/h7-8H,3-6,10H2,1-2H3,(H,11,13)/t7-/m0/s1. The van der Waals surface area contributed by atoms with Gasteiger partial charge in [0.2, 0.25) is 15.9 Å². The number of rotatable bonds is 3. The second-order valence-corrected chi connectivity index (χ2v) is 6.22. The molecule has 1 amide bonds. The van der Waals surface area contributed by atoms with Crippen LogP contribution in [0.1, 0.15) is 19.8 Å². The van der Waals surface area contributed by atoms with E-state index >= 15 is 0 Å². The van der Waals surface area contributed by atoms with Gasteiger partial charge in [0.05, 0.1) is 12.3 Å². The van der Waals surface area contributed by atoms with Gasteiger partial charge in [-0.2, -0.15) is 0 Å². The molecule has 1 fully saturated rings. The zero-order valence-corrected chi connectivity index (χ0v) is 10.5. The monoisotopic (exact) mass is 249 g/mol. The molecule has 0 aromatic rings. The molecule has 0 aliphatic carbocycles. The Bertz CT molecular complexity index is 345. The summed E-state index contributed by atoms with van der Waals surface area (Å²) in [7, 11) is -3.10. The maximum Gasteiger partial charge on any atom is 0.236 e. The Labute approximate surface area is 96.2 Å². The summed E-state index contributed by atoms with van der Waals surface area (Å²) in [6.07, 6.45) is 2.49. The average Bonchev–Trinajstić information content (AvgIpc) is 2.17. The van der Waals surface area contributed by atoms with E-state index in [-0.39, 0.29) is 11.9 Å². The summed E-state index contributed by atoms with van der Waals surface area (Å²) in [5.74, 6) is -0.183. The van der Waals surface area contributed by atoms with Gasteiger partial charge in [0.1, 0.15) is 0 Å². The van der Waals surface area contributed by atoms with Gasteiger partial charge in [0.25, 0.3) is 0 Å². The molecular weight excluding hydrogens is 230 g/mol. The van der Waals surface area contributed by atoms with Gasteiger partial charge in [-0.25, -0.2) is 12.7 Å². The molecule has 1 aliphatic rings. The molecule has 1 heterocycles. The van der Waals surface area contributed by atoms with Crippen LogP contribution in [-0.4, -0.2) is 50.1 Å². The van der Waals surface area contributed by atoms with Crippen molar-refractivity contribution in [2.45, 2.75) is 31.8 Å². The van der Waals surface area contributed by atoms with Gasteiger partial charge in [-0.3, -0.25) is 4.79 Å². The fourth-order valence-corrected chi connectivity index (χ4v) is 2.54. The highest BCUT2D eigenvalue weighted by atomic mass is 32.2. The maximum atomic E-state index is 11.3. The highest BCUT2D eigenvalue weighted by molar-refractivity contribution is 7.88. The van der Waals surface area contributed by atoms with Crippen LogP contribution in [0.2, 0.25) is 0 Å². The van der Waals surface area contributed by atoms with Gasteiger partial charge in [-0.1, -0.05) is 0 Å². The van der Waals surface area contributed by atoms with Gasteiger partial charge < -0.3 is 11.1 Å². The molecule has 6 nitrogen and oxygen atoms in total.